The van der Waals surface area contributed by atoms with E-state index in [2.05, 4.69) is 15.9 Å². The third-order valence-electron chi connectivity index (χ3n) is 3.35. The standard InChI is InChI=1S/C15H12BrNO5/c16-10-3-1-2-9(6-10)15(18)11-7-13-14(22-5-4-21-13)8-12(11)17(19)20/h1-3,6-8,15,18H,4-5H2. The molecule has 1 aliphatic rings. The number of benzene rings is 2. The van der Waals surface area contributed by atoms with Gasteiger partial charge in [-0.15, -0.1) is 0 Å². The molecule has 2 aromatic carbocycles. The number of nitro benzene ring substituents is 1. The first-order valence-corrected chi connectivity index (χ1v) is 7.37. The van der Waals surface area contributed by atoms with Gasteiger partial charge in [-0.3, -0.25) is 10.1 Å². The SMILES string of the molecule is O=[N+]([O-])c1cc2c(cc1C(O)c1cccc(Br)c1)OCCO2. The van der Waals surface area contributed by atoms with E-state index in [1.165, 1.54) is 12.1 Å². The molecule has 2 aromatic rings. The van der Waals surface area contributed by atoms with Gasteiger partial charge in [0.1, 0.15) is 19.3 Å². The van der Waals surface area contributed by atoms with Gasteiger partial charge in [0.15, 0.2) is 11.5 Å². The zero-order valence-electron chi connectivity index (χ0n) is 11.4. The summed E-state index contributed by atoms with van der Waals surface area (Å²) >= 11 is 3.32. The number of aliphatic hydroxyl groups excluding tert-OH is 1. The Balaban J connectivity index is 2.10. The molecule has 1 N–H and O–H groups in total. The Kier molecular flexibility index (Phi) is 4.00. The lowest BCUT2D eigenvalue weighted by atomic mass is 9.99. The summed E-state index contributed by atoms with van der Waals surface area (Å²) in [7, 11) is 0. The number of halogens is 1. The van der Waals surface area contributed by atoms with Gasteiger partial charge in [-0.1, -0.05) is 28.1 Å². The van der Waals surface area contributed by atoms with Crippen molar-refractivity contribution in [3.8, 4) is 11.5 Å². The predicted octanol–water partition coefficient (Wildman–Crippen LogP) is 3.21. The van der Waals surface area contributed by atoms with E-state index in [9.17, 15) is 15.2 Å². The maximum atomic E-state index is 11.3. The molecule has 0 fully saturated rings. The third-order valence-corrected chi connectivity index (χ3v) is 3.84. The monoisotopic (exact) mass is 365 g/mol. The van der Waals surface area contributed by atoms with Crippen LogP contribution >= 0.6 is 15.9 Å². The Morgan fingerprint density at radius 3 is 2.50 bits per heavy atom. The molecule has 1 atom stereocenters. The van der Waals surface area contributed by atoms with Crippen LogP contribution in [0.2, 0.25) is 0 Å². The summed E-state index contributed by atoms with van der Waals surface area (Å²) < 4.78 is 11.6. The van der Waals surface area contributed by atoms with Crippen molar-refractivity contribution in [1.82, 2.24) is 0 Å². The smallest absolute Gasteiger partial charge is 0.279 e. The van der Waals surface area contributed by atoms with Crippen molar-refractivity contribution in [2.75, 3.05) is 13.2 Å². The molecule has 0 saturated carbocycles. The summed E-state index contributed by atoms with van der Waals surface area (Å²) in [6, 6.07) is 9.76. The highest BCUT2D eigenvalue weighted by molar-refractivity contribution is 9.10. The highest BCUT2D eigenvalue weighted by Gasteiger charge is 2.27. The van der Waals surface area contributed by atoms with Gasteiger partial charge < -0.3 is 14.6 Å². The zero-order valence-corrected chi connectivity index (χ0v) is 12.9. The first kappa shape index (κ1) is 14.8. The summed E-state index contributed by atoms with van der Waals surface area (Å²) in [6.07, 6.45) is -1.13. The third kappa shape index (κ3) is 2.77. The lowest BCUT2D eigenvalue weighted by Gasteiger charge is -2.20. The van der Waals surface area contributed by atoms with Crippen molar-refractivity contribution in [2.24, 2.45) is 0 Å². The molecule has 0 bridgehead atoms. The van der Waals surface area contributed by atoms with Crippen molar-refractivity contribution in [2.45, 2.75) is 6.10 Å². The Labute approximate surface area is 134 Å². The number of fused-ring (bicyclic) bond motifs is 1. The Morgan fingerprint density at radius 1 is 1.18 bits per heavy atom. The highest BCUT2D eigenvalue weighted by Crippen LogP contribution is 2.40. The second kappa shape index (κ2) is 5.94. The van der Waals surface area contributed by atoms with E-state index in [1.54, 1.807) is 18.2 Å². The molecule has 0 spiro atoms. The molecule has 0 saturated heterocycles. The Morgan fingerprint density at radius 2 is 1.86 bits per heavy atom. The number of hydrogen-bond acceptors (Lipinski definition) is 5. The molecule has 1 aliphatic heterocycles. The van der Waals surface area contributed by atoms with E-state index in [4.69, 9.17) is 9.47 Å². The number of rotatable bonds is 3. The average molecular weight is 366 g/mol. The predicted molar refractivity (Wildman–Crippen MR) is 82.3 cm³/mol. The van der Waals surface area contributed by atoms with E-state index in [0.717, 1.165) is 4.47 Å². The van der Waals surface area contributed by atoms with Crippen LogP contribution in [0.5, 0.6) is 11.5 Å². The minimum absolute atomic E-state index is 0.173. The van der Waals surface area contributed by atoms with E-state index in [-0.39, 0.29) is 11.3 Å². The fraction of sp³-hybridized carbons (Fsp3) is 0.200. The van der Waals surface area contributed by atoms with Gasteiger partial charge in [0.25, 0.3) is 5.69 Å². The fourth-order valence-corrected chi connectivity index (χ4v) is 2.74. The van der Waals surface area contributed by atoms with E-state index < -0.39 is 11.0 Å². The van der Waals surface area contributed by atoms with E-state index in [1.807, 2.05) is 6.07 Å². The lowest BCUT2D eigenvalue weighted by molar-refractivity contribution is -0.386. The zero-order chi connectivity index (χ0) is 15.7. The molecular weight excluding hydrogens is 354 g/mol. The highest BCUT2D eigenvalue weighted by atomic mass is 79.9. The first-order chi connectivity index (χ1) is 10.6. The van der Waals surface area contributed by atoms with Gasteiger partial charge in [0.2, 0.25) is 0 Å². The Bertz CT molecular complexity index is 734. The van der Waals surface area contributed by atoms with Gasteiger partial charge in [0.05, 0.1) is 16.6 Å². The largest absolute Gasteiger partial charge is 0.486 e. The van der Waals surface area contributed by atoms with Gasteiger partial charge in [-0.25, -0.2) is 0 Å². The maximum absolute atomic E-state index is 11.3. The Hall–Kier alpha value is -2.12. The van der Waals surface area contributed by atoms with E-state index >= 15 is 0 Å². The topological polar surface area (TPSA) is 81.8 Å². The van der Waals surface area contributed by atoms with Crippen LogP contribution in [0.15, 0.2) is 40.9 Å². The van der Waals surface area contributed by atoms with Crippen molar-refractivity contribution in [3.63, 3.8) is 0 Å². The molecule has 3 rings (SSSR count). The van der Waals surface area contributed by atoms with Crippen molar-refractivity contribution in [3.05, 3.63) is 62.1 Å². The van der Waals surface area contributed by atoms with Gasteiger partial charge in [0, 0.05) is 4.47 Å². The molecule has 0 amide bonds. The minimum atomic E-state index is -1.13. The molecule has 1 heterocycles. The summed E-state index contributed by atoms with van der Waals surface area (Å²) in [4.78, 5) is 10.8. The molecule has 0 aromatic heterocycles. The normalized spacial score (nSPS) is 14.5. The van der Waals surface area contributed by atoms with Gasteiger partial charge >= 0.3 is 0 Å². The lowest BCUT2D eigenvalue weighted by Crippen LogP contribution is -2.16. The molecule has 22 heavy (non-hydrogen) atoms. The van der Waals surface area contributed by atoms with Crippen LogP contribution in [-0.2, 0) is 0 Å². The quantitative estimate of drug-likeness (QED) is 0.666. The van der Waals surface area contributed by atoms with Crippen LogP contribution in [0.3, 0.4) is 0 Å². The minimum Gasteiger partial charge on any atom is -0.486 e. The van der Waals surface area contributed by atoms with Crippen molar-refractivity contribution in [1.29, 1.82) is 0 Å². The van der Waals surface area contributed by atoms with Crippen LogP contribution in [0.4, 0.5) is 5.69 Å². The molecule has 0 radical (unpaired) electrons. The second-order valence-corrected chi connectivity index (χ2v) is 5.69. The van der Waals surface area contributed by atoms with Crippen molar-refractivity contribution >= 4 is 21.6 Å². The number of hydrogen-bond donors (Lipinski definition) is 1. The van der Waals surface area contributed by atoms with Crippen LogP contribution in [0, 0.1) is 10.1 Å². The van der Waals surface area contributed by atoms with Crippen LogP contribution in [0.1, 0.15) is 17.2 Å². The molecule has 7 heteroatoms. The molecular formula is C15H12BrNO5. The van der Waals surface area contributed by atoms with Crippen LogP contribution in [0.25, 0.3) is 0 Å². The fourth-order valence-electron chi connectivity index (χ4n) is 2.33. The molecule has 114 valence electrons. The molecule has 0 aliphatic carbocycles. The van der Waals surface area contributed by atoms with Crippen LogP contribution < -0.4 is 9.47 Å². The summed E-state index contributed by atoms with van der Waals surface area (Å²) in [5.74, 6) is 0.726. The number of nitro groups is 1. The second-order valence-electron chi connectivity index (χ2n) is 4.77. The molecule has 1 unspecified atom stereocenters. The number of ether oxygens (including phenoxy) is 2. The van der Waals surface area contributed by atoms with Crippen molar-refractivity contribution < 1.29 is 19.5 Å². The van der Waals surface area contributed by atoms with Crippen LogP contribution in [-0.4, -0.2) is 23.2 Å². The van der Waals surface area contributed by atoms with E-state index in [0.29, 0.717) is 30.3 Å². The van der Waals surface area contributed by atoms with Gasteiger partial charge in [-0.2, -0.15) is 0 Å². The summed E-state index contributed by atoms with van der Waals surface area (Å²) in [6.45, 7) is 0.717. The summed E-state index contributed by atoms with van der Waals surface area (Å²) in [5, 5.41) is 21.8. The van der Waals surface area contributed by atoms with Gasteiger partial charge in [-0.05, 0) is 23.8 Å². The number of nitrogens with zero attached hydrogens (tertiary/aromatic N) is 1. The summed E-state index contributed by atoms with van der Waals surface area (Å²) in [5.41, 5.74) is 0.526. The maximum Gasteiger partial charge on any atom is 0.279 e. The first-order valence-electron chi connectivity index (χ1n) is 6.57. The molecule has 6 nitrogen and oxygen atoms in total. The average Bonchev–Trinajstić information content (AvgIpc) is 2.52. The number of aliphatic hydroxyl groups is 1.